The summed E-state index contributed by atoms with van der Waals surface area (Å²) in [6.07, 6.45) is 0.883. The largest absolute Gasteiger partial charge is 0.443 e. The molecule has 0 amide bonds. The Morgan fingerprint density at radius 3 is 2.23 bits per heavy atom. The van der Waals surface area contributed by atoms with E-state index in [0.29, 0.717) is 10.2 Å². The number of hydrogen-bond donors (Lipinski definition) is 0. The summed E-state index contributed by atoms with van der Waals surface area (Å²) in [5.41, 5.74) is -0.121. The SMILES string of the molecule is Cc1c(F)cc(-c2cc(Br)cn2C(=O)OC(C)(C)C)cc1F. The molecule has 6 heteroatoms. The highest BCUT2D eigenvalue weighted by Gasteiger charge is 2.21. The van der Waals surface area contributed by atoms with E-state index in [2.05, 4.69) is 15.9 Å². The first-order valence-electron chi connectivity index (χ1n) is 6.66. The normalized spacial score (nSPS) is 11.6. The van der Waals surface area contributed by atoms with Gasteiger partial charge in [-0.15, -0.1) is 0 Å². The van der Waals surface area contributed by atoms with Crippen LogP contribution in [0.3, 0.4) is 0 Å². The molecule has 1 aromatic heterocycles. The Kier molecular flexibility index (Phi) is 4.42. The van der Waals surface area contributed by atoms with Crippen LogP contribution >= 0.6 is 15.9 Å². The lowest BCUT2D eigenvalue weighted by molar-refractivity contribution is 0.0540. The third kappa shape index (κ3) is 3.55. The summed E-state index contributed by atoms with van der Waals surface area (Å²) < 4.78 is 34.6. The molecular formula is C16H16BrF2NO2. The average molecular weight is 372 g/mol. The van der Waals surface area contributed by atoms with Crippen LogP contribution in [0.25, 0.3) is 11.3 Å². The van der Waals surface area contributed by atoms with E-state index in [1.807, 2.05) is 0 Å². The van der Waals surface area contributed by atoms with Gasteiger partial charge in [-0.2, -0.15) is 0 Å². The van der Waals surface area contributed by atoms with Gasteiger partial charge in [0.25, 0.3) is 0 Å². The maximum atomic E-state index is 13.8. The van der Waals surface area contributed by atoms with Crippen molar-refractivity contribution in [3.8, 4) is 11.3 Å². The van der Waals surface area contributed by atoms with Gasteiger partial charge in [0.1, 0.15) is 17.2 Å². The monoisotopic (exact) mass is 371 g/mol. The lowest BCUT2D eigenvalue weighted by Gasteiger charge is -2.20. The smallest absolute Gasteiger partial charge is 0.419 e. The zero-order valence-electron chi connectivity index (χ0n) is 12.7. The Hall–Kier alpha value is -1.69. The van der Waals surface area contributed by atoms with E-state index in [-0.39, 0.29) is 11.1 Å². The number of halogens is 3. The Balaban J connectivity index is 2.51. The summed E-state index contributed by atoms with van der Waals surface area (Å²) in [6.45, 7) is 6.59. The van der Waals surface area contributed by atoms with Crippen LogP contribution in [0.2, 0.25) is 0 Å². The van der Waals surface area contributed by atoms with Crippen molar-refractivity contribution in [1.82, 2.24) is 4.57 Å². The van der Waals surface area contributed by atoms with Crippen molar-refractivity contribution < 1.29 is 18.3 Å². The molecule has 0 aliphatic heterocycles. The quantitative estimate of drug-likeness (QED) is 0.681. The molecule has 0 saturated heterocycles. The van der Waals surface area contributed by atoms with Gasteiger partial charge in [0.15, 0.2) is 0 Å². The van der Waals surface area contributed by atoms with E-state index in [4.69, 9.17) is 4.74 Å². The van der Waals surface area contributed by atoms with Gasteiger partial charge < -0.3 is 4.74 Å². The van der Waals surface area contributed by atoms with Gasteiger partial charge in [0.2, 0.25) is 0 Å². The van der Waals surface area contributed by atoms with Gasteiger partial charge in [-0.1, -0.05) is 0 Å². The topological polar surface area (TPSA) is 31.2 Å². The Morgan fingerprint density at radius 1 is 1.18 bits per heavy atom. The zero-order chi connectivity index (χ0) is 16.7. The van der Waals surface area contributed by atoms with Gasteiger partial charge in [-0.05, 0) is 61.8 Å². The minimum atomic E-state index is -0.672. The fourth-order valence-electron chi connectivity index (χ4n) is 1.91. The number of carbonyl (C=O) groups excluding carboxylic acids is 1. The van der Waals surface area contributed by atoms with E-state index in [1.165, 1.54) is 29.8 Å². The molecule has 0 fully saturated rings. The van der Waals surface area contributed by atoms with Crippen LogP contribution in [0, 0.1) is 18.6 Å². The van der Waals surface area contributed by atoms with E-state index in [0.717, 1.165) is 0 Å². The lowest BCUT2D eigenvalue weighted by Crippen LogP contribution is -2.27. The second kappa shape index (κ2) is 5.83. The minimum absolute atomic E-state index is 0.0572. The highest BCUT2D eigenvalue weighted by atomic mass is 79.9. The van der Waals surface area contributed by atoms with Crippen molar-refractivity contribution in [2.24, 2.45) is 0 Å². The molecule has 1 heterocycles. The maximum absolute atomic E-state index is 13.8. The lowest BCUT2D eigenvalue weighted by atomic mass is 10.1. The van der Waals surface area contributed by atoms with Gasteiger partial charge in [-0.25, -0.2) is 13.6 Å². The summed E-state index contributed by atoms with van der Waals surface area (Å²) >= 11 is 3.26. The molecule has 22 heavy (non-hydrogen) atoms. The second-order valence-electron chi connectivity index (χ2n) is 5.96. The third-order valence-electron chi connectivity index (χ3n) is 2.95. The van der Waals surface area contributed by atoms with E-state index >= 15 is 0 Å². The molecule has 3 nitrogen and oxygen atoms in total. The summed E-state index contributed by atoms with van der Waals surface area (Å²) in [5, 5.41) is 0. The molecule has 2 rings (SSSR count). The van der Waals surface area contributed by atoms with Crippen molar-refractivity contribution in [2.75, 3.05) is 0 Å². The number of aromatic nitrogens is 1. The first kappa shape index (κ1) is 16.7. The van der Waals surface area contributed by atoms with Gasteiger partial charge >= 0.3 is 6.09 Å². The van der Waals surface area contributed by atoms with Crippen LogP contribution < -0.4 is 0 Å². The Labute approximate surface area is 136 Å². The highest BCUT2D eigenvalue weighted by molar-refractivity contribution is 9.10. The van der Waals surface area contributed by atoms with Crippen molar-refractivity contribution in [1.29, 1.82) is 0 Å². The maximum Gasteiger partial charge on any atom is 0.419 e. The molecule has 0 N–H and O–H groups in total. The number of benzene rings is 1. The number of nitrogens with zero attached hydrogens (tertiary/aromatic N) is 1. The standard InChI is InChI=1S/C16H16BrF2NO2/c1-9-12(18)5-10(6-13(9)19)14-7-11(17)8-20(14)15(21)22-16(2,3)4/h5-8H,1-4H3. The predicted molar refractivity (Wildman–Crippen MR) is 83.9 cm³/mol. The van der Waals surface area contributed by atoms with Gasteiger partial charge in [0.05, 0.1) is 5.69 Å². The number of rotatable bonds is 1. The molecule has 118 valence electrons. The molecule has 0 aliphatic rings. The average Bonchev–Trinajstić information content (AvgIpc) is 2.75. The van der Waals surface area contributed by atoms with Crippen LogP contribution in [0.15, 0.2) is 28.9 Å². The van der Waals surface area contributed by atoms with Crippen LogP contribution in [0.5, 0.6) is 0 Å². The first-order chi connectivity index (χ1) is 10.1. The molecule has 0 spiro atoms. The van der Waals surface area contributed by atoms with Crippen LogP contribution in [-0.2, 0) is 4.74 Å². The first-order valence-corrected chi connectivity index (χ1v) is 7.45. The second-order valence-corrected chi connectivity index (χ2v) is 6.87. The minimum Gasteiger partial charge on any atom is -0.443 e. The molecule has 0 saturated carbocycles. The molecular weight excluding hydrogens is 356 g/mol. The summed E-state index contributed by atoms with van der Waals surface area (Å²) in [4.78, 5) is 12.2. The van der Waals surface area contributed by atoms with Gasteiger partial charge in [-0.3, -0.25) is 4.57 Å². The zero-order valence-corrected chi connectivity index (χ0v) is 14.3. The Morgan fingerprint density at radius 2 is 1.73 bits per heavy atom. The number of hydrogen-bond acceptors (Lipinski definition) is 2. The highest BCUT2D eigenvalue weighted by Crippen LogP contribution is 2.29. The van der Waals surface area contributed by atoms with Crippen LogP contribution in [0.4, 0.5) is 13.6 Å². The van der Waals surface area contributed by atoms with Crippen molar-refractivity contribution >= 4 is 22.0 Å². The molecule has 0 radical (unpaired) electrons. The van der Waals surface area contributed by atoms with Crippen LogP contribution in [0.1, 0.15) is 26.3 Å². The van der Waals surface area contributed by atoms with Crippen molar-refractivity contribution in [3.63, 3.8) is 0 Å². The number of ether oxygens (including phenoxy) is 1. The molecule has 0 unspecified atom stereocenters. The summed E-state index contributed by atoms with van der Waals surface area (Å²) in [5.74, 6) is -1.33. The number of carbonyl (C=O) groups is 1. The van der Waals surface area contributed by atoms with E-state index in [9.17, 15) is 13.6 Å². The molecule has 1 aromatic carbocycles. The Bertz CT molecular complexity index is 709. The predicted octanol–water partition coefficient (Wildman–Crippen LogP) is 5.29. The van der Waals surface area contributed by atoms with Gasteiger partial charge in [0, 0.05) is 21.8 Å². The molecule has 0 aliphatic carbocycles. The summed E-state index contributed by atoms with van der Waals surface area (Å²) in [7, 11) is 0. The van der Waals surface area contributed by atoms with E-state index < -0.39 is 23.3 Å². The molecule has 0 bridgehead atoms. The third-order valence-corrected chi connectivity index (χ3v) is 3.39. The van der Waals surface area contributed by atoms with E-state index in [1.54, 1.807) is 26.8 Å². The fraction of sp³-hybridized carbons (Fsp3) is 0.312. The van der Waals surface area contributed by atoms with Crippen LogP contribution in [-0.4, -0.2) is 16.3 Å². The fourth-order valence-corrected chi connectivity index (χ4v) is 2.33. The van der Waals surface area contributed by atoms with Crippen molar-refractivity contribution in [3.05, 3.63) is 46.1 Å². The molecule has 0 atom stereocenters. The molecule has 2 aromatic rings. The van der Waals surface area contributed by atoms with Crippen molar-refractivity contribution in [2.45, 2.75) is 33.3 Å². The summed E-state index contributed by atoms with van der Waals surface area (Å²) in [6, 6.07) is 4.00.